The Morgan fingerprint density at radius 2 is 0.786 bits per heavy atom. The number of carboxylic acid groups (broad SMARTS) is 2. The van der Waals surface area contributed by atoms with Crippen molar-refractivity contribution in [2.24, 2.45) is 0 Å². The van der Waals surface area contributed by atoms with E-state index in [0.29, 0.717) is 22.5 Å². The van der Waals surface area contributed by atoms with E-state index in [9.17, 15) is 28.8 Å². The standard InChI is InChI=1S/C32H24N2O8/c35-27(23-7-11-25(12-8-23)33-29(37)17-19-31(39)40)15-5-21-1-2-22(4-3-21)6-16-28(36)24-9-13-26(14-10-24)34-30(38)18-20-32(41)42/h1-20H,(H,33,37)(H,34,38)(H,39,40)(H,41,42). The van der Waals surface area contributed by atoms with Crippen LogP contribution >= 0.6 is 0 Å². The summed E-state index contributed by atoms with van der Waals surface area (Å²) >= 11 is 0. The van der Waals surface area contributed by atoms with Crippen molar-refractivity contribution >= 4 is 58.8 Å². The van der Waals surface area contributed by atoms with E-state index in [-0.39, 0.29) is 11.6 Å². The maximum Gasteiger partial charge on any atom is 0.328 e. The number of carbonyl (C=O) groups excluding carboxylic acids is 4. The van der Waals surface area contributed by atoms with Crippen LogP contribution in [0, 0.1) is 0 Å². The minimum Gasteiger partial charge on any atom is -0.478 e. The average molecular weight is 565 g/mol. The van der Waals surface area contributed by atoms with Crippen LogP contribution in [0.1, 0.15) is 31.8 Å². The topological polar surface area (TPSA) is 167 Å². The van der Waals surface area contributed by atoms with Crippen LogP contribution in [-0.2, 0) is 19.2 Å². The lowest BCUT2D eigenvalue weighted by atomic mass is 10.1. The minimum atomic E-state index is -1.24. The number of carbonyl (C=O) groups is 6. The number of hydrogen-bond acceptors (Lipinski definition) is 6. The zero-order chi connectivity index (χ0) is 30.5. The van der Waals surface area contributed by atoms with Crippen LogP contribution in [0.4, 0.5) is 11.4 Å². The first-order valence-corrected chi connectivity index (χ1v) is 12.3. The van der Waals surface area contributed by atoms with Crippen LogP contribution < -0.4 is 10.6 Å². The predicted molar refractivity (Wildman–Crippen MR) is 157 cm³/mol. The quantitative estimate of drug-likeness (QED) is 0.182. The molecule has 42 heavy (non-hydrogen) atoms. The molecule has 3 aromatic rings. The number of amides is 2. The Labute approximate surface area is 240 Å². The Bertz CT molecular complexity index is 1490. The third-order valence-corrected chi connectivity index (χ3v) is 5.42. The molecule has 3 aromatic carbocycles. The molecule has 10 heteroatoms. The number of allylic oxidation sites excluding steroid dienone is 2. The van der Waals surface area contributed by atoms with E-state index in [1.807, 2.05) is 0 Å². The monoisotopic (exact) mass is 564 g/mol. The third-order valence-electron chi connectivity index (χ3n) is 5.42. The van der Waals surface area contributed by atoms with Crippen LogP contribution in [0.25, 0.3) is 12.2 Å². The number of ketones is 2. The van der Waals surface area contributed by atoms with E-state index >= 15 is 0 Å². The third kappa shape index (κ3) is 10.2. The molecule has 4 N–H and O–H groups in total. The molecule has 0 aliphatic carbocycles. The molecule has 3 rings (SSSR count). The molecule has 0 saturated carbocycles. The zero-order valence-corrected chi connectivity index (χ0v) is 21.9. The summed E-state index contributed by atoms with van der Waals surface area (Å²) in [6.07, 6.45) is 9.33. The van der Waals surface area contributed by atoms with Gasteiger partial charge in [-0.05, 0) is 71.8 Å². The first-order chi connectivity index (χ1) is 20.1. The van der Waals surface area contributed by atoms with Gasteiger partial charge in [-0.2, -0.15) is 0 Å². The SMILES string of the molecule is O=C(O)C=CC(=O)Nc1ccc(C(=O)C=Cc2ccc(C=CC(=O)c3ccc(NC(=O)C=CC(=O)O)cc3)cc2)cc1. The van der Waals surface area contributed by atoms with Crippen LogP contribution in [0.3, 0.4) is 0 Å². The van der Waals surface area contributed by atoms with Gasteiger partial charge < -0.3 is 20.8 Å². The van der Waals surface area contributed by atoms with Gasteiger partial charge in [0.1, 0.15) is 0 Å². The van der Waals surface area contributed by atoms with Crippen molar-refractivity contribution in [2.75, 3.05) is 10.6 Å². The Kier molecular flexibility index (Phi) is 10.7. The number of rotatable bonds is 12. The summed E-state index contributed by atoms with van der Waals surface area (Å²) in [5.41, 5.74) is 3.13. The van der Waals surface area contributed by atoms with Crippen molar-refractivity contribution in [1.82, 2.24) is 0 Å². The molecule has 0 aliphatic rings. The molecule has 0 spiro atoms. The number of nitrogens with one attached hydrogen (secondary N) is 2. The molecular weight excluding hydrogens is 540 g/mol. The van der Waals surface area contributed by atoms with E-state index in [1.54, 1.807) is 36.4 Å². The molecule has 0 aliphatic heterocycles. The van der Waals surface area contributed by atoms with Crippen molar-refractivity contribution in [3.63, 3.8) is 0 Å². The van der Waals surface area contributed by atoms with Gasteiger partial charge in [0, 0.05) is 46.8 Å². The summed E-state index contributed by atoms with van der Waals surface area (Å²) in [6, 6.07) is 19.4. The Balaban J connectivity index is 1.52. The van der Waals surface area contributed by atoms with Gasteiger partial charge in [-0.15, -0.1) is 0 Å². The first kappa shape index (κ1) is 30.4. The highest BCUT2D eigenvalue weighted by atomic mass is 16.4. The van der Waals surface area contributed by atoms with Gasteiger partial charge in [0.2, 0.25) is 11.8 Å². The molecule has 0 atom stereocenters. The van der Waals surface area contributed by atoms with Crippen LogP contribution in [0.2, 0.25) is 0 Å². The van der Waals surface area contributed by atoms with Crippen molar-refractivity contribution in [3.05, 3.63) is 132 Å². The lowest BCUT2D eigenvalue weighted by Crippen LogP contribution is -2.08. The number of carboxylic acids is 2. The van der Waals surface area contributed by atoms with Gasteiger partial charge in [0.15, 0.2) is 11.6 Å². The molecule has 0 bridgehead atoms. The summed E-state index contributed by atoms with van der Waals surface area (Å²) < 4.78 is 0. The maximum absolute atomic E-state index is 12.5. The lowest BCUT2D eigenvalue weighted by Gasteiger charge is -2.03. The average Bonchev–Trinajstić information content (AvgIpc) is 2.98. The highest BCUT2D eigenvalue weighted by Crippen LogP contribution is 2.14. The van der Waals surface area contributed by atoms with E-state index < -0.39 is 23.8 Å². The maximum atomic E-state index is 12.5. The normalized spacial score (nSPS) is 11.2. The number of hydrogen-bond donors (Lipinski definition) is 4. The molecule has 0 fully saturated rings. The lowest BCUT2D eigenvalue weighted by molar-refractivity contribution is -0.132. The highest BCUT2D eigenvalue weighted by Gasteiger charge is 2.05. The van der Waals surface area contributed by atoms with Crippen molar-refractivity contribution in [2.45, 2.75) is 0 Å². The minimum absolute atomic E-state index is 0.254. The largest absolute Gasteiger partial charge is 0.478 e. The fourth-order valence-electron chi connectivity index (χ4n) is 3.35. The van der Waals surface area contributed by atoms with E-state index in [1.165, 1.54) is 60.7 Å². The van der Waals surface area contributed by atoms with Gasteiger partial charge in [0.05, 0.1) is 0 Å². The Hall–Kier alpha value is -6.16. The summed E-state index contributed by atoms with van der Waals surface area (Å²) in [6.45, 7) is 0. The molecule has 0 unspecified atom stereocenters. The molecular formula is C32H24N2O8. The van der Waals surface area contributed by atoms with Gasteiger partial charge in [-0.25, -0.2) is 9.59 Å². The highest BCUT2D eigenvalue weighted by molar-refractivity contribution is 6.08. The van der Waals surface area contributed by atoms with Crippen molar-refractivity contribution < 1.29 is 39.0 Å². The second kappa shape index (κ2) is 14.8. The van der Waals surface area contributed by atoms with Crippen molar-refractivity contribution in [3.8, 4) is 0 Å². The van der Waals surface area contributed by atoms with Gasteiger partial charge >= 0.3 is 11.9 Å². The number of anilines is 2. The second-order valence-corrected chi connectivity index (χ2v) is 8.54. The van der Waals surface area contributed by atoms with Crippen molar-refractivity contribution in [1.29, 1.82) is 0 Å². The smallest absolute Gasteiger partial charge is 0.328 e. The van der Waals surface area contributed by atoms with Crippen LogP contribution in [0.15, 0.2) is 109 Å². The number of benzene rings is 3. The van der Waals surface area contributed by atoms with Gasteiger partial charge in [0.25, 0.3) is 0 Å². The summed E-state index contributed by atoms with van der Waals surface area (Å²) in [7, 11) is 0. The van der Waals surface area contributed by atoms with E-state index in [0.717, 1.165) is 35.4 Å². The number of aliphatic carboxylic acids is 2. The fourth-order valence-corrected chi connectivity index (χ4v) is 3.35. The molecule has 0 saturated heterocycles. The summed E-state index contributed by atoms with van der Waals surface area (Å²) in [4.78, 5) is 69.2. The van der Waals surface area contributed by atoms with E-state index in [4.69, 9.17) is 10.2 Å². The fraction of sp³-hybridized carbons (Fsp3) is 0. The van der Waals surface area contributed by atoms with E-state index in [2.05, 4.69) is 10.6 Å². The van der Waals surface area contributed by atoms with Crippen LogP contribution in [-0.4, -0.2) is 45.5 Å². The first-order valence-electron chi connectivity index (χ1n) is 12.3. The Morgan fingerprint density at radius 1 is 0.452 bits per heavy atom. The Morgan fingerprint density at radius 3 is 1.10 bits per heavy atom. The van der Waals surface area contributed by atoms with Gasteiger partial charge in [-0.3, -0.25) is 19.2 Å². The molecule has 0 aromatic heterocycles. The zero-order valence-electron chi connectivity index (χ0n) is 21.9. The molecule has 210 valence electrons. The van der Waals surface area contributed by atoms with Crippen LogP contribution in [0.5, 0.6) is 0 Å². The summed E-state index contributed by atoms with van der Waals surface area (Å²) in [5.74, 6) is -4.19. The summed E-state index contributed by atoms with van der Waals surface area (Å²) in [5, 5.41) is 22.1. The van der Waals surface area contributed by atoms with Gasteiger partial charge in [-0.1, -0.05) is 36.4 Å². The molecule has 2 amide bonds. The molecule has 0 heterocycles. The second-order valence-electron chi connectivity index (χ2n) is 8.54. The predicted octanol–water partition coefficient (Wildman–Crippen LogP) is 4.64. The molecule has 10 nitrogen and oxygen atoms in total. The molecule has 0 radical (unpaired) electrons.